The molecule has 7 heteroatoms. The molecule has 2 heterocycles. The molecule has 0 bridgehead atoms. The Morgan fingerprint density at radius 3 is 2.81 bits per heavy atom. The molecule has 0 spiro atoms. The number of para-hydroxylation sites is 1. The van der Waals surface area contributed by atoms with Crippen molar-refractivity contribution in [1.29, 1.82) is 0 Å². The lowest BCUT2D eigenvalue weighted by Gasteiger charge is -2.19. The van der Waals surface area contributed by atoms with E-state index in [2.05, 4.69) is 10.4 Å². The van der Waals surface area contributed by atoms with E-state index in [1.165, 1.54) is 6.20 Å². The SMILES string of the molecule is NC(=O)c1cnn2cc(-c3ccccc3N)cc2c1N[C@@H]1CCC[C@@H]1F. The highest BCUT2D eigenvalue weighted by Gasteiger charge is 2.29. The molecule has 1 aromatic carbocycles. The molecule has 2 aromatic heterocycles. The highest BCUT2D eigenvalue weighted by atomic mass is 19.1. The lowest BCUT2D eigenvalue weighted by molar-refractivity contribution is 0.100. The van der Waals surface area contributed by atoms with Crippen LogP contribution in [0.25, 0.3) is 16.6 Å². The summed E-state index contributed by atoms with van der Waals surface area (Å²) in [6.45, 7) is 0. The number of benzene rings is 1. The summed E-state index contributed by atoms with van der Waals surface area (Å²) in [4.78, 5) is 11.9. The number of rotatable bonds is 4. The minimum absolute atomic E-state index is 0.252. The van der Waals surface area contributed by atoms with Crippen molar-refractivity contribution < 1.29 is 9.18 Å². The summed E-state index contributed by atoms with van der Waals surface area (Å²) in [5, 5.41) is 7.47. The van der Waals surface area contributed by atoms with Gasteiger partial charge in [0.1, 0.15) is 6.17 Å². The summed E-state index contributed by atoms with van der Waals surface area (Å²) in [7, 11) is 0. The number of carbonyl (C=O) groups is 1. The average molecular weight is 353 g/mol. The number of anilines is 2. The molecule has 1 amide bonds. The van der Waals surface area contributed by atoms with Crippen molar-refractivity contribution in [3.8, 4) is 11.1 Å². The molecule has 1 aliphatic carbocycles. The molecule has 0 aliphatic heterocycles. The third-order valence-electron chi connectivity index (χ3n) is 4.94. The van der Waals surface area contributed by atoms with Gasteiger partial charge in [-0.2, -0.15) is 5.10 Å². The fourth-order valence-corrected chi connectivity index (χ4v) is 3.57. The number of amides is 1. The number of hydrogen-bond donors (Lipinski definition) is 3. The van der Waals surface area contributed by atoms with Crippen molar-refractivity contribution in [3.63, 3.8) is 0 Å². The Labute approximate surface area is 150 Å². The van der Waals surface area contributed by atoms with Gasteiger partial charge in [-0.25, -0.2) is 8.91 Å². The average Bonchev–Trinajstić information content (AvgIpc) is 3.22. The smallest absolute Gasteiger partial charge is 0.252 e. The first-order chi connectivity index (χ1) is 12.5. The number of primary amides is 1. The first-order valence-electron chi connectivity index (χ1n) is 8.61. The van der Waals surface area contributed by atoms with Crippen LogP contribution in [-0.4, -0.2) is 27.7 Å². The number of hydrogen-bond acceptors (Lipinski definition) is 4. The number of halogens is 1. The number of nitrogens with two attached hydrogens (primary N) is 2. The van der Waals surface area contributed by atoms with Crippen molar-refractivity contribution in [2.24, 2.45) is 5.73 Å². The van der Waals surface area contributed by atoms with E-state index in [9.17, 15) is 9.18 Å². The topological polar surface area (TPSA) is 98.4 Å². The molecular weight excluding hydrogens is 333 g/mol. The maximum absolute atomic E-state index is 14.1. The molecule has 26 heavy (non-hydrogen) atoms. The van der Waals surface area contributed by atoms with Gasteiger partial charge < -0.3 is 16.8 Å². The highest BCUT2D eigenvalue weighted by Crippen LogP contribution is 2.33. The van der Waals surface area contributed by atoms with Crippen LogP contribution in [0, 0.1) is 0 Å². The van der Waals surface area contributed by atoms with Crippen molar-refractivity contribution in [3.05, 3.63) is 48.3 Å². The summed E-state index contributed by atoms with van der Waals surface area (Å²) in [6.07, 6.45) is 4.36. The molecule has 5 N–H and O–H groups in total. The Hall–Kier alpha value is -3.09. The van der Waals surface area contributed by atoms with Gasteiger partial charge in [-0.1, -0.05) is 18.2 Å². The van der Waals surface area contributed by atoms with Crippen LogP contribution in [0.1, 0.15) is 29.6 Å². The summed E-state index contributed by atoms with van der Waals surface area (Å²) in [5.74, 6) is -0.599. The normalized spacial score (nSPS) is 19.7. The number of nitrogen functional groups attached to an aromatic ring is 1. The Morgan fingerprint density at radius 1 is 1.31 bits per heavy atom. The number of fused-ring (bicyclic) bond motifs is 1. The summed E-state index contributed by atoms with van der Waals surface area (Å²) < 4.78 is 15.8. The summed E-state index contributed by atoms with van der Waals surface area (Å²) in [5.41, 5.74) is 15.4. The minimum atomic E-state index is -0.942. The lowest BCUT2D eigenvalue weighted by atomic mass is 10.1. The van der Waals surface area contributed by atoms with Crippen LogP contribution in [-0.2, 0) is 0 Å². The second-order valence-electron chi connectivity index (χ2n) is 6.64. The number of nitrogens with zero attached hydrogens (tertiary/aromatic N) is 2. The number of carbonyl (C=O) groups excluding carboxylic acids is 1. The van der Waals surface area contributed by atoms with E-state index >= 15 is 0 Å². The van der Waals surface area contributed by atoms with Crippen molar-refractivity contribution in [1.82, 2.24) is 9.61 Å². The Kier molecular flexibility index (Phi) is 3.99. The van der Waals surface area contributed by atoms with Gasteiger partial charge in [0.15, 0.2) is 0 Å². The molecular formula is C19H20FN5O. The number of aromatic nitrogens is 2. The monoisotopic (exact) mass is 353 g/mol. The van der Waals surface area contributed by atoms with E-state index in [-0.39, 0.29) is 11.6 Å². The van der Waals surface area contributed by atoms with Crippen LogP contribution < -0.4 is 16.8 Å². The first kappa shape index (κ1) is 16.4. The van der Waals surface area contributed by atoms with E-state index in [0.29, 0.717) is 29.7 Å². The quantitative estimate of drug-likeness (QED) is 0.628. The molecule has 0 saturated heterocycles. The summed E-state index contributed by atoms with van der Waals surface area (Å²) in [6, 6.07) is 9.06. The first-order valence-corrected chi connectivity index (χ1v) is 8.61. The van der Waals surface area contributed by atoms with Crippen LogP contribution in [0.15, 0.2) is 42.7 Å². The summed E-state index contributed by atoms with van der Waals surface area (Å²) >= 11 is 0. The van der Waals surface area contributed by atoms with Crippen LogP contribution >= 0.6 is 0 Å². The molecule has 2 atom stereocenters. The van der Waals surface area contributed by atoms with Gasteiger partial charge in [-0.3, -0.25) is 4.79 Å². The molecule has 1 fully saturated rings. The molecule has 134 valence electrons. The number of nitrogens with one attached hydrogen (secondary N) is 1. The van der Waals surface area contributed by atoms with E-state index in [1.54, 1.807) is 4.52 Å². The van der Waals surface area contributed by atoms with Crippen molar-refractivity contribution in [2.75, 3.05) is 11.1 Å². The van der Waals surface area contributed by atoms with Crippen molar-refractivity contribution in [2.45, 2.75) is 31.5 Å². The van der Waals surface area contributed by atoms with Crippen LogP contribution in [0.3, 0.4) is 0 Å². The maximum atomic E-state index is 14.1. The second kappa shape index (κ2) is 6.33. The number of alkyl halides is 1. The standard InChI is InChI=1S/C19H20FN5O/c20-14-5-3-7-16(14)24-18-13(19(22)26)9-23-25-10-11(8-17(18)25)12-4-1-2-6-15(12)21/h1-2,4,6,8-10,14,16,24H,3,5,7,21H2,(H2,22,26)/t14-,16+/m0/s1. The van der Waals surface area contributed by atoms with Gasteiger partial charge in [0, 0.05) is 23.0 Å². The third-order valence-corrected chi connectivity index (χ3v) is 4.94. The van der Waals surface area contributed by atoms with E-state index in [1.807, 2.05) is 36.5 Å². The van der Waals surface area contributed by atoms with Gasteiger partial charge in [0.2, 0.25) is 0 Å². The zero-order valence-corrected chi connectivity index (χ0v) is 14.2. The predicted molar refractivity (Wildman–Crippen MR) is 99.7 cm³/mol. The van der Waals surface area contributed by atoms with Gasteiger partial charge in [-0.15, -0.1) is 0 Å². The highest BCUT2D eigenvalue weighted by molar-refractivity contribution is 6.02. The van der Waals surface area contributed by atoms with E-state index < -0.39 is 12.1 Å². The van der Waals surface area contributed by atoms with Gasteiger partial charge in [-0.05, 0) is 31.4 Å². The lowest BCUT2D eigenvalue weighted by Crippen LogP contribution is -2.27. The molecule has 3 aromatic rings. The van der Waals surface area contributed by atoms with Crippen molar-refractivity contribution >= 4 is 22.8 Å². The van der Waals surface area contributed by atoms with Crippen LogP contribution in [0.4, 0.5) is 15.8 Å². The van der Waals surface area contributed by atoms with Gasteiger partial charge >= 0.3 is 0 Å². The fraction of sp³-hybridized carbons (Fsp3) is 0.263. The Morgan fingerprint density at radius 2 is 2.12 bits per heavy atom. The maximum Gasteiger partial charge on any atom is 0.252 e. The van der Waals surface area contributed by atoms with Gasteiger partial charge in [0.25, 0.3) is 5.91 Å². The van der Waals surface area contributed by atoms with Crippen LogP contribution in [0.5, 0.6) is 0 Å². The van der Waals surface area contributed by atoms with E-state index in [0.717, 1.165) is 17.5 Å². The minimum Gasteiger partial charge on any atom is -0.398 e. The molecule has 6 nitrogen and oxygen atoms in total. The van der Waals surface area contributed by atoms with E-state index in [4.69, 9.17) is 11.5 Å². The second-order valence-corrected chi connectivity index (χ2v) is 6.64. The molecule has 1 aliphatic rings. The predicted octanol–water partition coefficient (Wildman–Crippen LogP) is 2.98. The zero-order valence-electron chi connectivity index (χ0n) is 14.2. The zero-order chi connectivity index (χ0) is 18.3. The largest absolute Gasteiger partial charge is 0.398 e. The molecule has 0 radical (unpaired) electrons. The fourth-order valence-electron chi connectivity index (χ4n) is 3.57. The van der Waals surface area contributed by atoms with Gasteiger partial charge in [0.05, 0.1) is 29.0 Å². The molecule has 1 saturated carbocycles. The molecule has 4 rings (SSSR count). The third kappa shape index (κ3) is 2.75. The molecule has 0 unspecified atom stereocenters. The van der Waals surface area contributed by atoms with Crippen LogP contribution in [0.2, 0.25) is 0 Å². The Bertz CT molecular complexity index is 983. The Balaban J connectivity index is 1.85.